The zero-order valence-electron chi connectivity index (χ0n) is 11.6. The summed E-state index contributed by atoms with van der Waals surface area (Å²) in [4.78, 5) is 2.29. The van der Waals surface area contributed by atoms with Gasteiger partial charge in [-0.05, 0) is 23.5 Å². The number of likely N-dealkylation sites (tertiary alicyclic amines) is 1. The van der Waals surface area contributed by atoms with E-state index in [9.17, 15) is 4.39 Å². The molecule has 0 spiro atoms. The lowest BCUT2D eigenvalue weighted by molar-refractivity contribution is 0.0899. The first kappa shape index (κ1) is 18.0. The average Bonchev–Trinajstić information content (AvgIpc) is 2.34. The van der Waals surface area contributed by atoms with E-state index in [2.05, 4.69) is 18.7 Å². The largest absolute Gasteiger partial charge is 0.327 e. The van der Waals surface area contributed by atoms with Crippen molar-refractivity contribution in [3.8, 4) is 0 Å². The molecule has 2 rings (SSSR count). The van der Waals surface area contributed by atoms with Crippen LogP contribution in [0.2, 0.25) is 10.0 Å². The highest BCUT2D eigenvalue weighted by molar-refractivity contribution is 6.42. The van der Waals surface area contributed by atoms with E-state index in [0.717, 1.165) is 25.1 Å². The Kier molecular flexibility index (Phi) is 6.12. The second-order valence-corrected chi connectivity index (χ2v) is 6.68. The highest BCUT2D eigenvalue weighted by atomic mass is 35.5. The fourth-order valence-corrected chi connectivity index (χ4v) is 2.95. The van der Waals surface area contributed by atoms with Crippen molar-refractivity contribution in [3.63, 3.8) is 0 Å². The first-order valence-corrected chi connectivity index (χ1v) is 7.17. The molecular formula is C14H20Cl3FN2. The molecule has 0 radical (unpaired) electrons. The molecule has 1 heterocycles. The molecule has 1 aromatic rings. The molecule has 114 valence electrons. The van der Waals surface area contributed by atoms with Crippen LogP contribution in [0.15, 0.2) is 12.1 Å². The molecule has 6 heteroatoms. The van der Waals surface area contributed by atoms with Crippen molar-refractivity contribution in [2.24, 2.45) is 11.1 Å². The van der Waals surface area contributed by atoms with Gasteiger partial charge in [-0.25, -0.2) is 4.39 Å². The third-order valence-corrected chi connectivity index (χ3v) is 4.80. The molecule has 1 aliphatic rings. The quantitative estimate of drug-likeness (QED) is 0.820. The third-order valence-electron chi connectivity index (χ3n) is 3.90. The molecule has 1 fully saturated rings. The summed E-state index contributed by atoms with van der Waals surface area (Å²) in [5, 5.41) is 0.321. The van der Waals surface area contributed by atoms with Crippen LogP contribution in [0.1, 0.15) is 25.8 Å². The standard InChI is InChI=1S/C14H19Cl2FN2.ClH/c1-14(2)8-19(6-5-11(14)18)7-9-3-4-10(17)13(16)12(9)15;/h3-4,11H,5-8,18H2,1-2H3;1H. The van der Waals surface area contributed by atoms with E-state index >= 15 is 0 Å². The summed E-state index contributed by atoms with van der Waals surface area (Å²) < 4.78 is 13.3. The Morgan fingerprint density at radius 1 is 1.35 bits per heavy atom. The zero-order chi connectivity index (χ0) is 14.2. The van der Waals surface area contributed by atoms with Gasteiger partial charge in [0, 0.05) is 25.7 Å². The Morgan fingerprint density at radius 2 is 2.00 bits per heavy atom. The fourth-order valence-electron chi connectivity index (χ4n) is 2.55. The summed E-state index contributed by atoms with van der Waals surface area (Å²) in [6.45, 7) is 6.84. The fraction of sp³-hybridized carbons (Fsp3) is 0.571. The lowest BCUT2D eigenvalue weighted by Crippen LogP contribution is -2.52. The van der Waals surface area contributed by atoms with Gasteiger partial charge in [-0.1, -0.05) is 43.1 Å². The van der Waals surface area contributed by atoms with Crippen LogP contribution >= 0.6 is 35.6 Å². The first-order chi connectivity index (χ1) is 8.81. The van der Waals surface area contributed by atoms with Gasteiger partial charge >= 0.3 is 0 Å². The Bertz CT molecular complexity index is 480. The first-order valence-electron chi connectivity index (χ1n) is 6.41. The van der Waals surface area contributed by atoms with Crippen molar-refractivity contribution in [1.82, 2.24) is 4.90 Å². The molecule has 1 unspecified atom stereocenters. The minimum atomic E-state index is -0.476. The summed E-state index contributed by atoms with van der Waals surface area (Å²) in [6.07, 6.45) is 0.958. The molecule has 0 aromatic heterocycles. The van der Waals surface area contributed by atoms with Crippen LogP contribution in [0.3, 0.4) is 0 Å². The van der Waals surface area contributed by atoms with Gasteiger partial charge in [0.25, 0.3) is 0 Å². The predicted molar refractivity (Wildman–Crippen MR) is 85.3 cm³/mol. The smallest absolute Gasteiger partial charge is 0.143 e. The van der Waals surface area contributed by atoms with Gasteiger partial charge in [-0.15, -0.1) is 12.4 Å². The molecule has 0 saturated carbocycles. The minimum absolute atomic E-state index is 0. The van der Waals surface area contributed by atoms with E-state index in [-0.39, 0.29) is 28.9 Å². The van der Waals surface area contributed by atoms with Gasteiger partial charge in [0.2, 0.25) is 0 Å². The lowest BCUT2D eigenvalue weighted by atomic mass is 9.79. The maximum Gasteiger partial charge on any atom is 0.143 e. The van der Waals surface area contributed by atoms with E-state index in [1.54, 1.807) is 6.07 Å². The molecule has 2 nitrogen and oxygen atoms in total. The topological polar surface area (TPSA) is 29.3 Å². The molecule has 1 atom stereocenters. The minimum Gasteiger partial charge on any atom is -0.327 e. The maximum atomic E-state index is 13.3. The van der Waals surface area contributed by atoms with Gasteiger partial charge in [0.15, 0.2) is 0 Å². The van der Waals surface area contributed by atoms with E-state index in [1.807, 2.05) is 0 Å². The number of rotatable bonds is 2. The predicted octanol–water partition coefficient (Wildman–Crippen LogP) is 4.11. The number of halogens is 4. The van der Waals surface area contributed by atoms with Crippen LogP contribution in [0.5, 0.6) is 0 Å². The van der Waals surface area contributed by atoms with E-state index < -0.39 is 5.82 Å². The molecule has 2 N–H and O–H groups in total. The van der Waals surface area contributed by atoms with E-state index in [0.29, 0.717) is 11.6 Å². The van der Waals surface area contributed by atoms with E-state index in [4.69, 9.17) is 28.9 Å². The van der Waals surface area contributed by atoms with Crippen LogP contribution in [-0.2, 0) is 6.54 Å². The van der Waals surface area contributed by atoms with Crippen LogP contribution in [-0.4, -0.2) is 24.0 Å². The number of hydrogen-bond donors (Lipinski definition) is 1. The van der Waals surface area contributed by atoms with Crippen molar-refractivity contribution in [3.05, 3.63) is 33.6 Å². The second-order valence-electron chi connectivity index (χ2n) is 5.93. The summed E-state index contributed by atoms with van der Waals surface area (Å²) >= 11 is 11.9. The van der Waals surface area contributed by atoms with Gasteiger partial charge in [-0.3, -0.25) is 4.90 Å². The Labute approximate surface area is 135 Å². The highest BCUT2D eigenvalue weighted by Crippen LogP contribution is 2.32. The Balaban J connectivity index is 0.00000200. The average molecular weight is 342 g/mol. The van der Waals surface area contributed by atoms with Crippen LogP contribution in [0.4, 0.5) is 4.39 Å². The van der Waals surface area contributed by atoms with E-state index in [1.165, 1.54) is 6.07 Å². The molecule has 1 aliphatic heterocycles. The lowest BCUT2D eigenvalue weighted by Gasteiger charge is -2.42. The summed E-state index contributed by atoms with van der Waals surface area (Å²) in [5.41, 5.74) is 7.06. The molecule has 0 bridgehead atoms. The van der Waals surface area contributed by atoms with Crippen LogP contribution in [0.25, 0.3) is 0 Å². The third kappa shape index (κ3) is 3.77. The molecule has 20 heavy (non-hydrogen) atoms. The monoisotopic (exact) mass is 340 g/mol. The van der Waals surface area contributed by atoms with Crippen molar-refractivity contribution < 1.29 is 4.39 Å². The SMILES string of the molecule is CC1(C)CN(Cc2ccc(F)c(Cl)c2Cl)CCC1N.Cl. The normalized spacial score (nSPS) is 22.4. The molecular weight excluding hydrogens is 322 g/mol. The van der Waals surface area contributed by atoms with Gasteiger partial charge in [-0.2, -0.15) is 0 Å². The number of benzene rings is 1. The molecule has 1 aromatic carbocycles. The Hall–Kier alpha value is -0.0600. The van der Waals surface area contributed by atoms with Crippen molar-refractivity contribution in [2.45, 2.75) is 32.9 Å². The van der Waals surface area contributed by atoms with Gasteiger partial charge in [0.05, 0.1) is 10.0 Å². The number of nitrogens with two attached hydrogens (primary N) is 1. The number of nitrogens with zero attached hydrogens (tertiary/aromatic N) is 1. The Morgan fingerprint density at radius 3 is 2.60 bits per heavy atom. The van der Waals surface area contributed by atoms with Crippen molar-refractivity contribution >= 4 is 35.6 Å². The second kappa shape index (κ2) is 6.80. The summed E-state index contributed by atoms with van der Waals surface area (Å²) in [7, 11) is 0. The molecule has 0 aliphatic carbocycles. The van der Waals surface area contributed by atoms with Crippen molar-refractivity contribution in [1.29, 1.82) is 0 Å². The van der Waals surface area contributed by atoms with Crippen LogP contribution < -0.4 is 5.73 Å². The molecule has 0 amide bonds. The van der Waals surface area contributed by atoms with Crippen LogP contribution in [0, 0.1) is 11.2 Å². The summed E-state index contributed by atoms with van der Waals surface area (Å²) in [6, 6.07) is 3.28. The maximum absolute atomic E-state index is 13.3. The molecule has 1 saturated heterocycles. The highest BCUT2D eigenvalue weighted by Gasteiger charge is 2.33. The van der Waals surface area contributed by atoms with Crippen molar-refractivity contribution in [2.75, 3.05) is 13.1 Å². The number of hydrogen-bond acceptors (Lipinski definition) is 2. The zero-order valence-corrected chi connectivity index (χ0v) is 14.0. The number of piperidine rings is 1. The van der Waals surface area contributed by atoms with Gasteiger partial charge < -0.3 is 5.73 Å². The van der Waals surface area contributed by atoms with Gasteiger partial charge in [0.1, 0.15) is 5.82 Å². The summed E-state index contributed by atoms with van der Waals surface area (Å²) in [5.74, 6) is -0.476.